The summed E-state index contributed by atoms with van der Waals surface area (Å²) in [7, 11) is 0. The Kier molecular flexibility index (Phi) is 9.94. The van der Waals surface area contributed by atoms with Crippen LogP contribution in [-0.4, -0.2) is 11.5 Å². The molecule has 21 heavy (non-hydrogen) atoms. The zero-order chi connectivity index (χ0) is 15.5. The summed E-state index contributed by atoms with van der Waals surface area (Å²) in [6.45, 7) is 9.90. The molecule has 2 nitrogen and oxygen atoms in total. The van der Waals surface area contributed by atoms with E-state index in [2.05, 4.69) is 38.0 Å². The van der Waals surface area contributed by atoms with E-state index in [0.29, 0.717) is 6.04 Å². The van der Waals surface area contributed by atoms with E-state index in [1.165, 1.54) is 73.4 Å². The minimum Gasteiger partial charge on any atom is -0.309 e. The Bertz CT molecular complexity index is 373. The first kappa shape index (κ1) is 18.6. The zero-order valence-corrected chi connectivity index (χ0v) is 15.3. The first-order valence-electron chi connectivity index (χ1n) is 8.86. The highest BCUT2D eigenvalue weighted by molar-refractivity contribution is 7.11. The fourth-order valence-electron chi connectivity index (χ4n) is 2.82. The van der Waals surface area contributed by atoms with Gasteiger partial charge in [-0.1, -0.05) is 58.8 Å². The van der Waals surface area contributed by atoms with Gasteiger partial charge in [0, 0.05) is 10.9 Å². The Morgan fingerprint density at radius 2 is 1.62 bits per heavy atom. The van der Waals surface area contributed by atoms with E-state index in [9.17, 15) is 0 Å². The maximum Gasteiger partial charge on any atom is 0.0900 e. The molecule has 0 aromatic carbocycles. The fraction of sp³-hybridized carbons (Fsp3) is 0.833. The van der Waals surface area contributed by atoms with E-state index in [1.807, 2.05) is 11.3 Å². The monoisotopic (exact) mass is 310 g/mol. The van der Waals surface area contributed by atoms with Gasteiger partial charge in [-0.05, 0) is 33.2 Å². The average Bonchev–Trinajstić information content (AvgIpc) is 2.80. The SMILES string of the molecule is CCCCCCCCCC(NCCC)c1sc(C)nc1C. The van der Waals surface area contributed by atoms with Crippen LogP contribution in [0.3, 0.4) is 0 Å². The third-order valence-electron chi connectivity index (χ3n) is 3.99. The van der Waals surface area contributed by atoms with Crippen molar-refractivity contribution >= 4 is 11.3 Å². The van der Waals surface area contributed by atoms with Crippen LogP contribution < -0.4 is 5.32 Å². The van der Waals surface area contributed by atoms with Crippen LogP contribution in [0.15, 0.2) is 0 Å². The van der Waals surface area contributed by atoms with E-state index in [-0.39, 0.29) is 0 Å². The van der Waals surface area contributed by atoms with Crippen molar-refractivity contribution in [1.29, 1.82) is 0 Å². The molecule has 0 fully saturated rings. The third kappa shape index (κ3) is 7.42. The summed E-state index contributed by atoms with van der Waals surface area (Å²) in [4.78, 5) is 6.06. The molecular formula is C18H34N2S. The molecule has 0 aliphatic carbocycles. The number of nitrogens with one attached hydrogen (secondary N) is 1. The van der Waals surface area contributed by atoms with Crippen molar-refractivity contribution in [2.75, 3.05) is 6.54 Å². The molecule has 1 atom stereocenters. The van der Waals surface area contributed by atoms with Gasteiger partial charge in [0.25, 0.3) is 0 Å². The Morgan fingerprint density at radius 1 is 0.952 bits per heavy atom. The van der Waals surface area contributed by atoms with Gasteiger partial charge in [-0.25, -0.2) is 4.98 Å². The number of aryl methyl sites for hydroxylation is 2. The minimum absolute atomic E-state index is 0.520. The molecule has 3 heteroatoms. The van der Waals surface area contributed by atoms with Crippen molar-refractivity contribution in [3.63, 3.8) is 0 Å². The molecule has 0 saturated carbocycles. The van der Waals surface area contributed by atoms with Gasteiger partial charge in [-0.15, -0.1) is 11.3 Å². The molecule has 1 N–H and O–H groups in total. The molecule has 122 valence electrons. The lowest BCUT2D eigenvalue weighted by Crippen LogP contribution is -2.22. The summed E-state index contributed by atoms with van der Waals surface area (Å²) >= 11 is 1.87. The summed E-state index contributed by atoms with van der Waals surface area (Å²) in [5.41, 5.74) is 1.23. The van der Waals surface area contributed by atoms with E-state index in [0.717, 1.165) is 6.54 Å². The molecule has 1 aromatic rings. The number of rotatable bonds is 12. The van der Waals surface area contributed by atoms with Crippen LogP contribution in [0.2, 0.25) is 0 Å². The average molecular weight is 311 g/mol. The van der Waals surface area contributed by atoms with Crippen molar-refractivity contribution in [3.8, 4) is 0 Å². The lowest BCUT2D eigenvalue weighted by Gasteiger charge is -2.17. The lowest BCUT2D eigenvalue weighted by atomic mass is 10.0. The van der Waals surface area contributed by atoms with E-state index in [1.54, 1.807) is 0 Å². The molecule has 0 saturated heterocycles. The summed E-state index contributed by atoms with van der Waals surface area (Å²) in [6.07, 6.45) is 12.2. The van der Waals surface area contributed by atoms with Gasteiger partial charge in [0.1, 0.15) is 0 Å². The van der Waals surface area contributed by atoms with Crippen molar-refractivity contribution in [1.82, 2.24) is 10.3 Å². The number of aromatic nitrogens is 1. The highest BCUT2D eigenvalue weighted by atomic mass is 32.1. The molecule has 1 heterocycles. The molecule has 1 rings (SSSR count). The second kappa shape index (κ2) is 11.2. The quantitative estimate of drug-likeness (QED) is 0.483. The molecule has 0 radical (unpaired) electrons. The van der Waals surface area contributed by atoms with E-state index in [4.69, 9.17) is 0 Å². The first-order chi connectivity index (χ1) is 10.2. The smallest absolute Gasteiger partial charge is 0.0900 e. The zero-order valence-electron chi connectivity index (χ0n) is 14.5. The van der Waals surface area contributed by atoms with Gasteiger partial charge in [-0.2, -0.15) is 0 Å². The largest absolute Gasteiger partial charge is 0.309 e. The van der Waals surface area contributed by atoms with Crippen LogP contribution in [0.25, 0.3) is 0 Å². The molecule has 0 aliphatic heterocycles. The van der Waals surface area contributed by atoms with Crippen molar-refractivity contribution in [2.45, 2.75) is 91.5 Å². The predicted octanol–water partition coefficient (Wildman–Crippen LogP) is 5.94. The molecule has 0 amide bonds. The maximum atomic E-state index is 4.60. The second-order valence-corrected chi connectivity index (χ2v) is 7.33. The van der Waals surface area contributed by atoms with Gasteiger partial charge >= 0.3 is 0 Å². The highest BCUT2D eigenvalue weighted by Gasteiger charge is 2.16. The van der Waals surface area contributed by atoms with Gasteiger partial charge in [-0.3, -0.25) is 0 Å². The topological polar surface area (TPSA) is 24.9 Å². The maximum absolute atomic E-state index is 4.60. The predicted molar refractivity (Wildman–Crippen MR) is 95.2 cm³/mol. The summed E-state index contributed by atoms with van der Waals surface area (Å²) < 4.78 is 0. The summed E-state index contributed by atoms with van der Waals surface area (Å²) in [6, 6.07) is 0.520. The van der Waals surface area contributed by atoms with Gasteiger partial charge in [0.15, 0.2) is 0 Å². The number of nitrogens with zero attached hydrogens (tertiary/aromatic N) is 1. The molecule has 0 aliphatic rings. The van der Waals surface area contributed by atoms with Crippen LogP contribution in [0.4, 0.5) is 0 Å². The van der Waals surface area contributed by atoms with E-state index < -0.39 is 0 Å². The van der Waals surface area contributed by atoms with Gasteiger partial charge < -0.3 is 5.32 Å². The summed E-state index contributed by atoms with van der Waals surface area (Å²) in [5.74, 6) is 0. The number of hydrogen-bond donors (Lipinski definition) is 1. The van der Waals surface area contributed by atoms with Crippen molar-refractivity contribution in [2.24, 2.45) is 0 Å². The number of unbranched alkanes of at least 4 members (excludes halogenated alkanes) is 6. The van der Waals surface area contributed by atoms with Gasteiger partial charge in [0.05, 0.1) is 10.7 Å². The normalized spacial score (nSPS) is 12.8. The standard InChI is InChI=1S/C18H34N2S/c1-5-7-8-9-10-11-12-13-17(19-14-6-2)18-15(3)20-16(4)21-18/h17,19H,5-14H2,1-4H3. The number of thiazole rings is 1. The van der Waals surface area contributed by atoms with Crippen LogP contribution in [0.5, 0.6) is 0 Å². The third-order valence-corrected chi connectivity index (χ3v) is 5.18. The fourth-order valence-corrected chi connectivity index (χ4v) is 3.86. The van der Waals surface area contributed by atoms with E-state index >= 15 is 0 Å². The summed E-state index contributed by atoms with van der Waals surface area (Å²) in [5, 5.41) is 4.92. The van der Waals surface area contributed by atoms with Crippen molar-refractivity contribution < 1.29 is 0 Å². The molecular weight excluding hydrogens is 276 g/mol. The molecule has 0 spiro atoms. The Morgan fingerprint density at radius 3 is 2.19 bits per heavy atom. The molecule has 1 unspecified atom stereocenters. The lowest BCUT2D eigenvalue weighted by molar-refractivity contribution is 0.469. The highest BCUT2D eigenvalue weighted by Crippen LogP contribution is 2.28. The van der Waals surface area contributed by atoms with Crippen LogP contribution in [0.1, 0.15) is 93.3 Å². The minimum atomic E-state index is 0.520. The van der Waals surface area contributed by atoms with Crippen LogP contribution >= 0.6 is 11.3 Å². The van der Waals surface area contributed by atoms with Crippen molar-refractivity contribution in [3.05, 3.63) is 15.6 Å². The second-order valence-electron chi connectivity index (χ2n) is 6.10. The molecule has 0 bridgehead atoms. The Labute approximate surface area is 135 Å². The van der Waals surface area contributed by atoms with Crippen LogP contribution in [-0.2, 0) is 0 Å². The van der Waals surface area contributed by atoms with Crippen LogP contribution in [0, 0.1) is 13.8 Å². The Hall–Kier alpha value is -0.410. The van der Waals surface area contributed by atoms with Gasteiger partial charge in [0.2, 0.25) is 0 Å². The molecule has 1 aromatic heterocycles. The first-order valence-corrected chi connectivity index (χ1v) is 9.68. The Balaban J connectivity index is 2.35. The number of hydrogen-bond acceptors (Lipinski definition) is 3.